The van der Waals surface area contributed by atoms with Gasteiger partial charge in [0, 0.05) is 6.61 Å². The number of aliphatic hydroxyl groups excluding tert-OH is 1. The van der Waals surface area contributed by atoms with Gasteiger partial charge in [-0.05, 0) is 171 Å². The SMILES string of the molecule is CCC1CC(C2CCC(c3cccc(F)c3F)CC2)C1.OCC1CC(C2CCC(c3cccc(F)c3F)CC2)C1.[I-].[Na+].c1ccc(P(c2ccccc2)c2ccccc2)cc1. The van der Waals surface area contributed by atoms with Gasteiger partial charge in [-0.2, -0.15) is 0 Å². The molecule has 0 spiro atoms. The van der Waals surface area contributed by atoms with Gasteiger partial charge in [-0.25, -0.2) is 17.6 Å². The molecule has 0 radical (unpaired) electrons. The number of aliphatic hydroxyl groups is 1. The zero-order valence-electron chi connectivity index (χ0n) is 35.9. The third kappa shape index (κ3) is 13.0. The van der Waals surface area contributed by atoms with Gasteiger partial charge in [0.05, 0.1) is 0 Å². The number of hydrogen-bond donors (Lipinski definition) is 1. The second-order valence-electron chi connectivity index (χ2n) is 17.6. The summed E-state index contributed by atoms with van der Waals surface area (Å²) in [4.78, 5) is 0. The standard InChI is InChI=1S/C18H24F2.C18H15P.C17H22F2O.HI.Na/c1-2-12-10-15(11-12)13-6-8-14(9-7-13)16-4-3-5-17(19)18(16)20;1-4-10-16(11-5-1)19(17-12-6-2-7-13-17)18-14-8-3-9-15-18;18-16-3-1-2-15(17(16)19)13-6-4-12(5-7-13)14-8-11(9-14)10-20;;/h3-5,12-15H,2,6-11H2,1H3;1-15H;1-3,11-14,20H,4-10H2;1H;/q;;;;+1/p-1. The summed E-state index contributed by atoms with van der Waals surface area (Å²) in [5, 5.41) is 13.3. The first-order valence-electron chi connectivity index (χ1n) is 22.3. The van der Waals surface area contributed by atoms with E-state index in [-0.39, 0.29) is 65.4 Å². The summed E-state index contributed by atoms with van der Waals surface area (Å²) in [5.41, 5.74) is 1.16. The second-order valence-corrected chi connectivity index (χ2v) is 19.9. The number of rotatable bonds is 9. The molecule has 0 heterocycles. The number of benzene rings is 5. The molecule has 4 saturated carbocycles. The van der Waals surface area contributed by atoms with E-state index in [0.717, 1.165) is 81.0 Å². The Bertz CT molecular complexity index is 1830. The normalized spacial score (nSPS) is 25.4. The van der Waals surface area contributed by atoms with Crippen LogP contribution < -0.4 is 69.4 Å². The largest absolute Gasteiger partial charge is 1.00 e. The molecule has 320 valence electrons. The van der Waals surface area contributed by atoms with Crippen LogP contribution >= 0.6 is 7.92 Å². The Balaban J connectivity index is 0.000000170. The van der Waals surface area contributed by atoms with E-state index in [4.69, 9.17) is 5.11 Å². The molecule has 0 atom stereocenters. The molecule has 1 N–H and O–H groups in total. The maximum atomic E-state index is 13.8. The molecule has 5 aromatic rings. The molecule has 5 aromatic carbocycles. The predicted octanol–water partition coefficient (Wildman–Crippen LogP) is 7.38. The number of halogens is 5. The van der Waals surface area contributed by atoms with E-state index in [1.807, 2.05) is 0 Å². The minimum absolute atomic E-state index is 0. The Hall–Kier alpha value is -2.06. The summed E-state index contributed by atoms with van der Waals surface area (Å²) in [5.74, 6) is 2.41. The first-order valence-corrected chi connectivity index (χ1v) is 23.6. The quantitative estimate of drug-likeness (QED) is 0.0709. The van der Waals surface area contributed by atoms with Crippen molar-refractivity contribution in [2.45, 2.75) is 102 Å². The van der Waals surface area contributed by atoms with Gasteiger partial charge in [-0.3, -0.25) is 0 Å². The van der Waals surface area contributed by atoms with Crippen molar-refractivity contribution < 1.29 is 76.2 Å². The van der Waals surface area contributed by atoms with Crippen molar-refractivity contribution >= 4 is 23.8 Å². The predicted molar refractivity (Wildman–Crippen MR) is 237 cm³/mol. The van der Waals surface area contributed by atoms with E-state index in [1.54, 1.807) is 24.3 Å². The molecule has 4 fully saturated rings. The summed E-state index contributed by atoms with van der Waals surface area (Å²) in [6.45, 7) is 2.60. The van der Waals surface area contributed by atoms with Crippen molar-refractivity contribution in [3.05, 3.63) is 162 Å². The maximum absolute atomic E-state index is 13.8. The second kappa shape index (κ2) is 24.9. The zero-order chi connectivity index (χ0) is 41.1. The Labute approximate surface area is 403 Å². The third-order valence-electron chi connectivity index (χ3n) is 14.1. The van der Waals surface area contributed by atoms with Crippen molar-refractivity contribution in [2.24, 2.45) is 35.5 Å². The molecule has 0 saturated heterocycles. The zero-order valence-corrected chi connectivity index (χ0v) is 41.0. The Morgan fingerprint density at radius 2 is 0.803 bits per heavy atom. The van der Waals surface area contributed by atoms with Crippen molar-refractivity contribution in [2.75, 3.05) is 6.61 Å². The van der Waals surface area contributed by atoms with Crippen molar-refractivity contribution in [3.63, 3.8) is 0 Å². The average Bonchev–Trinajstić information content (AvgIpc) is 3.25. The van der Waals surface area contributed by atoms with E-state index in [2.05, 4.69) is 97.9 Å². The van der Waals surface area contributed by atoms with Gasteiger partial charge in [0.2, 0.25) is 0 Å². The Morgan fingerprint density at radius 3 is 1.13 bits per heavy atom. The van der Waals surface area contributed by atoms with Crippen LogP contribution in [0.3, 0.4) is 0 Å². The first kappa shape index (κ1) is 49.9. The molecule has 0 aliphatic heterocycles. The van der Waals surface area contributed by atoms with Gasteiger partial charge in [-0.1, -0.05) is 129 Å². The molecule has 9 rings (SSSR count). The van der Waals surface area contributed by atoms with Crippen LogP contribution in [0.1, 0.15) is 113 Å². The minimum atomic E-state index is -0.727. The van der Waals surface area contributed by atoms with E-state index in [9.17, 15) is 17.6 Å². The minimum Gasteiger partial charge on any atom is -1.00 e. The van der Waals surface area contributed by atoms with Crippen LogP contribution in [-0.2, 0) is 0 Å². The fourth-order valence-electron chi connectivity index (χ4n) is 10.5. The summed E-state index contributed by atoms with van der Waals surface area (Å²) in [6, 6.07) is 41.5. The average molecular weight is 971 g/mol. The van der Waals surface area contributed by atoms with E-state index >= 15 is 0 Å². The van der Waals surface area contributed by atoms with E-state index < -0.39 is 31.2 Å². The maximum Gasteiger partial charge on any atom is 1.00 e. The number of hydrogen-bond acceptors (Lipinski definition) is 1. The summed E-state index contributed by atoms with van der Waals surface area (Å²) in [6.07, 6.45) is 15.0. The van der Waals surface area contributed by atoms with Crippen molar-refractivity contribution in [3.8, 4) is 0 Å². The molecule has 4 aliphatic carbocycles. The van der Waals surface area contributed by atoms with Crippen LogP contribution in [0.4, 0.5) is 17.6 Å². The molecule has 8 heteroatoms. The molecule has 0 aromatic heterocycles. The van der Waals surface area contributed by atoms with E-state index in [1.165, 1.54) is 60.2 Å². The molecule has 61 heavy (non-hydrogen) atoms. The molecular formula is C53H61F4INaOP. The van der Waals surface area contributed by atoms with Gasteiger partial charge >= 0.3 is 29.6 Å². The topological polar surface area (TPSA) is 20.2 Å². The van der Waals surface area contributed by atoms with Crippen molar-refractivity contribution in [1.29, 1.82) is 0 Å². The summed E-state index contributed by atoms with van der Waals surface area (Å²) < 4.78 is 54.3. The summed E-state index contributed by atoms with van der Waals surface area (Å²) >= 11 is 0. The fourth-order valence-corrected chi connectivity index (χ4v) is 12.8. The molecule has 0 amide bonds. The van der Waals surface area contributed by atoms with Gasteiger partial charge in [-0.15, -0.1) is 0 Å². The van der Waals surface area contributed by atoms with Gasteiger partial charge in [0.25, 0.3) is 0 Å². The van der Waals surface area contributed by atoms with Crippen LogP contribution in [0.5, 0.6) is 0 Å². The Kier molecular flexibility index (Phi) is 20.3. The monoisotopic (exact) mass is 970 g/mol. The molecule has 1 nitrogen and oxygen atoms in total. The molecule has 0 unspecified atom stereocenters. The van der Waals surface area contributed by atoms with Crippen LogP contribution in [0, 0.1) is 58.8 Å². The smallest absolute Gasteiger partial charge is 1.00 e. The molecular weight excluding hydrogens is 909 g/mol. The van der Waals surface area contributed by atoms with Gasteiger partial charge in [0.15, 0.2) is 23.3 Å². The van der Waals surface area contributed by atoms with Crippen LogP contribution in [0.15, 0.2) is 127 Å². The van der Waals surface area contributed by atoms with Crippen LogP contribution in [0.2, 0.25) is 0 Å². The molecule has 4 aliphatic rings. The van der Waals surface area contributed by atoms with Gasteiger partial charge < -0.3 is 29.1 Å². The molecule has 0 bridgehead atoms. The Morgan fingerprint density at radius 1 is 0.459 bits per heavy atom. The van der Waals surface area contributed by atoms with Crippen molar-refractivity contribution in [1.82, 2.24) is 0 Å². The third-order valence-corrected chi connectivity index (χ3v) is 16.6. The fraction of sp³-hybridized carbons (Fsp3) is 0.434. The van der Waals surface area contributed by atoms with E-state index in [0.29, 0.717) is 23.7 Å². The first-order chi connectivity index (χ1) is 28.8. The summed E-state index contributed by atoms with van der Waals surface area (Å²) in [7, 11) is -0.446. The van der Waals surface area contributed by atoms with Crippen LogP contribution in [0.25, 0.3) is 0 Å². The van der Waals surface area contributed by atoms with Gasteiger partial charge in [0.1, 0.15) is 0 Å². The van der Waals surface area contributed by atoms with Crippen LogP contribution in [-0.4, -0.2) is 11.7 Å².